The van der Waals surface area contributed by atoms with Crippen LogP contribution in [0.25, 0.3) is 0 Å². The van der Waals surface area contributed by atoms with E-state index in [4.69, 9.17) is 9.90 Å². The van der Waals surface area contributed by atoms with Crippen LogP contribution in [0.3, 0.4) is 0 Å². The van der Waals surface area contributed by atoms with Crippen molar-refractivity contribution in [2.24, 2.45) is 5.92 Å². The lowest BCUT2D eigenvalue weighted by atomic mass is 9.93. The molecule has 2 aliphatic rings. The van der Waals surface area contributed by atoms with E-state index >= 15 is 0 Å². The normalized spacial score (nSPS) is 25.1. The van der Waals surface area contributed by atoms with Crippen LogP contribution in [-0.2, 0) is 26.2 Å². The van der Waals surface area contributed by atoms with Crippen molar-refractivity contribution in [3.05, 3.63) is 18.5 Å². The highest BCUT2D eigenvalue weighted by molar-refractivity contribution is 7.88. The lowest BCUT2D eigenvalue weighted by molar-refractivity contribution is -0.192. The number of fused-ring (bicyclic) bond motifs is 1. The topological polar surface area (TPSA) is 113 Å². The average molecular weight is 440 g/mol. The largest absolute Gasteiger partial charge is 0.490 e. The van der Waals surface area contributed by atoms with Crippen LogP contribution in [0.15, 0.2) is 18.5 Å². The fourth-order valence-electron chi connectivity index (χ4n) is 3.90. The van der Waals surface area contributed by atoms with Gasteiger partial charge in [-0.2, -0.15) is 18.3 Å². The van der Waals surface area contributed by atoms with Crippen molar-refractivity contribution in [2.75, 3.05) is 19.3 Å². The van der Waals surface area contributed by atoms with Crippen molar-refractivity contribution in [3.63, 3.8) is 0 Å². The maximum Gasteiger partial charge on any atom is 0.490 e. The molecule has 0 aliphatic carbocycles. The highest BCUT2D eigenvalue weighted by Crippen LogP contribution is 2.36. The van der Waals surface area contributed by atoms with Crippen LogP contribution in [0.1, 0.15) is 19.8 Å². The van der Waals surface area contributed by atoms with Gasteiger partial charge in [0.2, 0.25) is 15.9 Å². The Morgan fingerprint density at radius 2 is 1.93 bits per heavy atom. The van der Waals surface area contributed by atoms with Crippen LogP contribution >= 0.6 is 0 Å². The van der Waals surface area contributed by atoms with E-state index in [2.05, 4.69) is 5.10 Å². The summed E-state index contributed by atoms with van der Waals surface area (Å²) in [5, 5.41) is 11.3. The van der Waals surface area contributed by atoms with E-state index in [-0.39, 0.29) is 23.9 Å². The maximum atomic E-state index is 12.1. The zero-order valence-corrected chi connectivity index (χ0v) is 16.7. The van der Waals surface area contributed by atoms with E-state index in [1.807, 2.05) is 21.8 Å². The number of sulfonamides is 1. The number of hydrogen-bond donors (Lipinski definition) is 1. The van der Waals surface area contributed by atoms with Crippen LogP contribution in [-0.4, -0.2) is 82.0 Å². The number of carbonyl (C=O) groups excluding carboxylic acids is 1. The van der Waals surface area contributed by atoms with Crippen molar-refractivity contribution in [1.29, 1.82) is 0 Å². The molecule has 9 nitrogen and oxygen atoms in total. The highest BCUT2D eigenvalue weighted by Gasteiger charge is 2.46. The summed E-state index contributed by atoms with van der Waals surface area (Å²) in [4.78, 5) is 22.9. The van der Waals surface area contributed by atoms with Crippen LogP contribution < -0.4 is 0 Å². The van der Waals surface area contributed by atoms with Crippen LogP contribution in [0, 0.1) is 5.92 Å². The van der Waals surface area contributed by atoms with E-state index in [0.717, 1.165) is 6.42 Å². The number of carbonyl (C=O) groups is 2. The Kier molecular flexibility index (Phi) is 6.93. The van der Waals surface area contributed by atoms with E-state index in [1.165, 1.54) is 6.26 Å². The van der Waals surface area contributed by atoms with Crippen LogP contribution in [0.4, 0.5) is 13.2 Å². The van der Waals surface area contributed by atoms with Gasteiger partial charge in [-0.25, -0.2) is 17.5 Å². The van der Waals surface area contributed by atoms with Gasteiger partial charge in [0.25, 0.3) is 0 Å². The van der Waals surface area contributed by atoms with Gasteiger partial charge in [0.15, 0.2) is 0 Å². The van der Waals surface area contributed by atoms with Crippen molar-refractivity contribution >= 4 is 21.9 Å². The van der Waals surface area contributed by atoms with E-state index < -0.39 is 22.2 Å². The molecule has 2 fully saturated rings. The molecule has 1 aromatic heterocycles. The first-order valence-corrected chi connectivity index (χ1v) is 10.7. The lowest BCUT2D eigenvalue weighted by Crippen LogP contribution is -2.50. The first kappa shape index (κ1) is 23.1. The zero-order valence-electron chi connectivity index (χ0n) is 15.9. The number of hydrogen-bond acceptors (Lipinski definition) is 5. The summed E-state index contributed by atoms with van der Waals surface area (Å²) in [6.07, 6.45) is 1.34. The lowest BCUT2D eigenvalue weighted by Gasteiger charge is -2.37. The Labute approximate surface area is 166 Å². The fraction of sp³-hybridized carbons (Fsp3) is 0.688. The number of piperidine rings is 1. The molecule has 2 saturated heterocycles. The standard InChI is InChI=1S/C14H22N4O3S.C2HF3O2/c1-11(19)18-13(10-16-6-3-5-15-16)8-12-9-17(22(2,20)21)7-4-14(12)18;3-2(4,5)1(6)7/h3,5-6,12-14H,4,7-10H2,1-2H3;(H,6,7)/t12-,13?,14+;/m1./s1. The number of alkyl halides is 3. The highest BCUT2D eigenvalue weighted by atomic mass is 32.2. The van der Waals surface area contributed by atoms with E-state index in [1.54, 1.807) is 17.4 Å². The minimum Gasteiger partial charge on any atom is -0.475 e. The molecule has 29 heavy (non-hydrogen) atoms. The molecule has 3 heterocycles. The maximum absolute atomic E-state index is 12.1. The smallest absolute Gasteiger partial charge is 0.475 e. The van der Waals surface area contributed by atoms with Crippen molar-refractivity contribution in [3.8, 4) is 0 Å². The Bertz CT molecular complexity index is 828. The summed E-state index contributed by atoms with van der Waals surface area (Å²) in [6.45, 7) is 3.28. The molecule has 0 bridgehead atoms. The SMILES string of the molecule is CC(=O)N1C(Cn2cccn2)C[C@@H]2CN(S(C)(=O)=O)CC[C@@H]21.O=C(O)C(F)(F)F. The molecule has 3 rings (SSSR count). The van der Waals surface area contributed by atoms with Crippen LogP contribution in [0.5, 0.6) is 0 Å². The molecule has 2 aliphatic heterocycles. The second-order valence-corrected chi connectivity index (χ2v) is 9.07. The molecule has 0 spiro atoms. The zero-order chi connectivity index (χ0) is 22.0. The van der Waals surface area contributed by atoms with Gasteiger partial charge in [-0.15, -0.1) is 0 Å². The van der Waals surface area contributed by atoms with Crippen LogP contribution in [0.2, 0.25) is 0 Å². The molecule has 1 N–H and O–H groups in total. The number of aromatic nitrogens is 2. The van der Waals surface area contributed by atoms with Gasteiger partial charge in [-0.3, -0.25) is 9.48 Å². The Morgan fingerprint density at radius 3 is 2.38 bits per heavy atom. The third-order valence-corrected chi connectivity index (χ3v) is 6.28. The molecule has 164 valence electrons. The summed E-state index contributed by atoms with van der Waals surface area (Å²) in [5.41, 5.74) is 0. The van der Waals surface area contributed by atoms with Gasteiger partial charge in [-0.05, 0) is 24.8 Å². The number of amides is 1. The number of carboxylic acids is 1. The predicted molar refractivity (Wildman–Crippen MR) is 95.2 cm³/mol. The summed E-state index contributed by atoms with van der Waals surface area (Å²) < 4.78 is 58.6. The number of aliphatic carboxylic acids is 1. The number of halogens is 3. The molecule has 0 radical (unpaired) electrons. The molecule has 1 aromatic rings. The van der Waals surface area contributed by atoms with E-state index in [0.29, 0.717) is 26.1 Å². The van der Waals surface area contributed by atoms with Gasteiger partial charge >= 0.3 is 12.1 Å². The Balaban J connectivity index is 0.000000370. The Hall–Kier alpha value is -2.15. The Morgan fingerprint density at radius 1 is 1.31 bits per heavy atom. The molecular formula is C16H23F3N4O5S. The van der Waals surface area contributed by atoms with Gasteiger partial charge < -0.3 is 10.0 Å². The van der Waals surface area contributed by atoms with Gasteiger partial charge in [0.05, 0.1) is 18.8 Å². The number of carboxylic acid groups (broad SMARTS) is 1. The molecule has 0 aromatic carbocycles. The number of rotatable bonds is 3. The second kappa shape index (κ2) is 8.69. The minimum atomic E-state index is -5.08. The van der Waals surface area contributed by atoms with Crippen molar-refractivity contribution < 1.29 is 36.3 Å². The molecule has 3 atom stereocenters. The molecule has 1 amide bonds. The summed E-state index contributed by atoms with van der Waals surface area (Å²) in [7, 11) is -3.16. The molecular weight excluding hydrogens is 417 g/mol. The number of nitrogens with zero attached hydrogens (tertiary/aromatic N) is 4. The van der Waals surface area contributed by atoms with Crippen molar-refractivity contribution in [1.82, 2.24) is 19.0 Å². The molecule has 1 unspecified atom stereocenters. The number of likely N-dealkylation sites (tertiary alicyclic amines) is 1. The summed E-state index contributed by atoms with van der Waals surface area (Å²) >= 11 is 0. The first-order valence-electron chi connectivity index (χ1n) is 8.82. The fourth-order valence-corrected chi connectivity index (χ4v) is 4.80. The molecule has 0 saturated carbocycles. The monoisotopic (exact) mass is 440 g/mol. The third-order valence-electron chi connectivity index (χ3n) is 5.01. The first-order chi connectivity index (χ1) is 13.3. The van der Waals surface area contributed by atoms with Gasteiger partial charge in [0.1, 0.15) is 0 Å². The third kappa shape index (κ3) is 5.92. The second-order valence-electron chi connectivity index (χ2n) is 7.08. The van der Waals surface area contributed by atoms with Gasteiger partial charge in [-0.1, -0.05) is 0 Å². The summed E-state index contributed by atoms with van der Waals surface area (Å²) in [5.74, 6) is -2.47. The van der Waals surface area contributed by atoms with Gasteiger partial charge in [0, 0.05) is 38.4 Å². The van der Waals surface area contributed by atoms with E-state index in [9.17, 15) is 26.4 Å². The van der Waals surface area contributed by atoms with Crippen molar-refractivity contribution in [2.45, 2.75) is 44.6 Å². The quantitative estimate of drug-likeness (QED) is 0.744. The molecule has 13 heteroatoms. The minimum absolute atomic E-state index is 0.0671. The average Bonchev–Trinajstić information content (AvgIpc) is 3.20. The predicted octanol–water partition coefficient (Wildman–Crippen LogP) is 0.787. The summed E-state index contributed by atoms with van der Waals surface area (Å²) in [6, 6.07) is 2.11.